The fourth-order valence-corrected chi connectivity index (χ4v) is 3.10. The van der Waals surface area contributed by atoms with Gasteiger partial charge in [0.05, 0.1) is 18.9 Å². The molecule has 0 unspecified atom stereocenters. The Morgan fingerprint density at radius 3 is 2.74 bits per heavy atom. The van der Waals surface area contributed by atoms with Gasteiger partial charge >= 0.3 is 0 Å². The van der Waals surface area contributed by atoms with Crippen molar-refractivity contribution >= 4 is 33.4 Å². The molecule has 1 aromatic rings. The molecule has 2 heterocycles. The highest BCUT2D eigenvalue weighted by molar-refractivity contribution is 9.10. The maximum absolute atomic E-state index is 14.0. The van der Waals surface area contributed by atoms with E-state index in [-0.39, 0.29) is 17.5 Å². The molecule has 23 heavy (non-hydrogen) atoms. The lowest BCUT2D eigenvalue weighted by Crippen LogP contribution is -2.51. The number of halogens is 2. The highest BCUT2D eigenvalue weighted by atomic mass is 79.9. The van der Waals surface area contributed by atoms with Gasteiger partial charge in [0.15, 0.2) is 0 Å². The highest BCUT2D eigenvalue weighted by Crippen LogP contribution is 2.29. The van der Waals surface area contributed by atoms with Crippen LogP contribution in [0, 0.1) is 11.7 Å². The molecule has 0 spiro atoms. The molecular weight excluding hydrogens is 369 g/mol. The van der Waals surface area contributed by atoms with E-state index in [0.29, 0.717) is 43.7 Å². The van der Waals surface area contributed by atoms with Crippen LogP contribution in [0.4, 0.5) is 10.1 Å². The minimum atomic E-state index is -0.777. The van der Waals surface area contributed by atoms with Crippen molar-refractivity contribution in [1.29, 1.82) is 0 Å². The third-order valence-corrected chi connectivity index (χ3v) is 4.50. The molecule has 0 aliphatic carbocycles. The smallest absolute Gasteiger partial charge is 0.246 e. The minimum Gasteiger partial charge on any atom is -0.379 e. The summed E-state index contributed by atoms with van der Waals surface area (Å²) in [5.74, 6) is -1.96. The summed E-state index contributed by atoms with van der Waals surface area (Å²) in [6, 6.07) is 4.52. The zero-order valence-corrected chi connectivity index (χ0v) is 14.0. The number of amides is 2. The topological polar surface area (TPSA) is 61.9 Å². The van der Waals surface area contributed by atoms with Gasteiger partial charge in [-0.05, 0) is 24.6 Å². The Morgan fingerprint density at radius 2 is 2.04 bits per heavy atom. The second kappa shape index (κ2) is 6.94. The predicted octanol–water partition coefficient (Wildman–Crippen LogP) is 1.30. The minimum absolute atomic E-state index is 0.208. The van der Waals surface area contributed by atoms with Gasteiger partial charge in [-0.25, -0.2) is 9.40 Å². The Balaban J connectivity index is 1.67. The number of nitrogens with one attached hydrogen (secondary N) is 1. The number of nitrogens with zero attached hydrogens (tertiary/aromatic N) is 2. The maximum Gasteiger partial charge on any atom is 0.246 e. The van der Waals surface area contributed by atoms with E-state index in [4.69, 9.17) is 4.74 Å². The summed E-state index contributed by atoms with van der Waals surface area (Å²) in [4.78, 5) is 26.1. The molecule has 0 radical (unpaired) electrons. The van der Waals surface area contributed by atoms with Gasteiger partial charge in [-0.15, -0.1) is 0 Å². The lowest BCUT2D eigenvalue weighted by Gasteiger charge is -2.27. The lowest BCUT2D eigenvalue weighted by molar-refractivity contribution is -0.137. The first-order valence-electron chi connectivity index (χ1n) is 7.46. The van der Waals surface area contributed by atoms with Crippen LogP contribution in [0.3, 0.4) is 0 Å². The lowest BCUT2D eigenvalue weighted by atomic mass is 10.1. The Morgan fingerprint density at radius 1 is 1.30 bits per heavy atom. The zero-order chi connectivity index (χ0) is 16.4. The second-order valence-corrected chi connectivity index (χ2v) is 6.42. The summed E-state index contributed by atoms with van der Waals surface area (Å²) in [6.07, 6.45) is 0.379. The van der Waals surface area contributed by atoms with E-state index in [1.165, 1.54) is 11.0 Å². The Bertz CT molecular complexity index is 622. The molecule has 6 nitrogen and oxygen atoms in total. The van der Waals surface area contributed by atoms with E-state index < -0.39 is 11.7 Å². The monoisotopic (exact) mass is 385 g/mol. The molecule has 0 saturated carbocycles. The number of anilines is 1. The van der Waals surface area contributed by atoms with Crippen molar-refractivity contribution in [3.63, 3.8) is 0 Å². The molecule has 2 amide bonds. The first-order valence-corrected chi connectivity index (χ1v) is 8.25. The van der Waals surface area contributed by atoms with Gasteiger partial charge in [0, 0.05) is 24.1 Å². The SMILES string of the molecule is O=C(NN1CCOCC1)[C@H]1CCN(c2ccc(Br)cc2F)C1=O. The number of hydrogen-bond acceptors (Lipinski definition) is 4. The van der Waals surface area contributed by atoms with Gasteiger partial charge in [0.25, 0.3) is 0 Å². The van der Waals surface area contributed by atoms with E-state index in [1.54, 1.807) is 17.1 Å². The number of ether oxygens (including phenoxy) is 1. The average molecular weight is 386 g/mol. The van der Waals surface area contributed by atoms with Gasteiger partial charge in [-0.3, -0.25) is 15.0 Å². The van der Waals surface area contributed by atoms with Crippen molar-refractivity contribution in [2.45, 2.75) is 6.42 Å². The Labute approximate surface area is 141 Å². The van der Waals surface area contributed by atoms with Crippen LogP contribution in [0.25, 0.3) is 0 Å². The number of carbonyl (C=O) groups is 2. The van der Waals surface area contributed by atoms with Gasteiger partial charge in [-0.2, -0.15) is 0 Å². The first-order chi connectivity index (χ1) is 11.1. The van der Waals surface area contributed by atoms with Crippen molar-refractivity contribution < 1.29 is 18.7 Å². The summed E-state index contributed by atoms with van der Waals surface area (Å²) in [5, 5.41) is 1.75. The summed E-state index contributed by atoms with van der Waals surface area (Å²) in [5.41, 5.74) is 2.96. The standard InChI is InChI=1S/C15H17BrFN3O3/c16-10-1-2-13(12(17)9-10)20-4-3-11(15(20)22)14(21)18-19-5-7-23-8-6-19/h1-2,9,11H,3-8H2,(H,18,21)/t11-/m1/s1. The zero-order valence-electron chi connectivity index (χ0n) is 12.4. The molecule has 1 aromatic carbocycles. The number of hydrazine groups is 1. The highest BCUT2D eigenvalue weighted by Gasteiger charge is 2.39. The molecule has 0 bridgehead atoms. The fourth-order valence-electron chi connectivity index (χ4n) is 2.77. The largest absolute Gasteiger partial charge is 0.379 e. The van der Waals surface area contributed by atoms with Crippen molar-refractivity contribution in [2.24, 2.45) is 5.92 Å². The molecule has 1 N–H and O–H groups in total. The molecule has 124 valence electrons. The number of carbonyl (C=O) groups excluding carboxylic acids is 2. The molecule has 2 aliphatic rings. The number of benzene rings is 1. The summed E-state index contributed by atoms with van der Waals surface area (Å²) in [6.45, 7) is 2.62. The molecule has 1 atom stereocenters. The average Bonchev–Trinajstić information content (AvgIpc) is 2.90. The number of rotatable bonds is 3. The van der Waals surface area contributed by atoms with E-state index in [0.717, 1.165) is 0 Å². The van der Waals surface area contributed by atoms with Crippen LogP contribution in [-0.4, -0.2) is 49.7 Å². The molecule has 3 rings (SSSR count). The van der Waals surface area contributed by atoms with Crippen molar-refractivity contribution in [3.8, 4) is 0 Å². The van der Waals surface area contributed by atoms with Crippen molar-refractivity contribution in [2.75, 3.05) is 37.7 Å². The van der Waals surface area contributed by atoms with Gasteiger partial charge < -0.3 is 9.64 Å². The van der Waals surface area contributed by atoms with Crippen LogP contribution < -0.4 is 10.3 Å². The van der Waals surface area contributed by atoms with Crippen molar-refractivity contribution in [3.05, 3.63) is 28.5 Å². The molecule has 2 aliphatic heterocycles. The Hall–Kier alpha value is -1.51. The van der Waals surface area contributed by atoms with Gasteiger partial charge in [-0.1, -0.05) is 15.9 Å². The molecule has 8 heteroatoms. The van der Waals surface area contributed by atoms with Crippen LogP contribution in [0.15, 0.2) is 22.7 Å². The summed E-state index contributed by atoms with van der Waals surface area (Å²) in [7, 11) is 0. The number of hydrogen-bond donors (Lipinski definition) is 1. The molecule has 0 aromatic heterocycles. The van der Waals surface area contributed by atoms with E-state index >= 15 is 0 Å². The van der Waals surface area contributed by atoms with Crippen molar-refractivity contribution in [1.82, 2.24) is 10.4 Å². The van der Waals surface area contributed by atoms with Crippen LogP contribution in [-0.2, 0) is 14.3 Å². The second-order valence-electron chi connectivity index (χ2n) is 5.50. The molecule has 2 saturated heterocycles. The van der Waals surface area contributed by atoms with Crippen LogP contribution in [0.5, 0.6) is 0 Å². The normalized spacial score (nSPS) is 22.4. The first kappa shape index (κ1) is 16.4. The van der Waals surface area contributed by atoms with Crippen LogP contribution >= 0.6 is 15.9 Å². The van der Waals surface area contributed by atoms with Gasteiger partial charge in [0.2, 0.25) is 11.8 Å². The predicted molar refractivity (Wildman–Crippen MR) is 85.1 cm³/mol. The maximum atomic E-state index is 14.0. The van der Waals surface area contributed by atoms with Crippen LogP contribution in [0.1, 0.15) is 6.42 Å². The molecular formula is C15H17BrFN3O3. The van der Waals surface area contributed by atoms with Gasteiger partial charge in [0.1, 0.15) is 11.7 Å². The summed E-state index contributed by atoms with van der Waals surface area (Å²) < 4.78 is 19.8. The van der Waals surface area contributed by atoms with E-state index in [1.807, 2.05) is 0 Å². The number of morpholine rings is 1. The Kier molecular flexibility index (Phi) is 4.93. The van der Waals surface area contributed by atoms with Crippen LogP contribution in [0.2, 0.25) is 0 Å². The third-order valence-electron chi connectivity index (χ3n) is 4.00. The molecule has 2 fully saturated rings. The summed E-state index contributed by atoms with van der Waals surface area (Å²) >= 11 is 3.19. The quantitative estimate of drug-likeness (QED) is 0.796. The van der Waals surface area contributed by atoms with E-state index in [9.17, 15) is 14.0 Å². The van der Waals surface area contributed by atoms with E-state index in [2.05, 4.69) is 21.4 Å². The fraction of sp³-hybridized carbons (Fsp3) is 0.467. The third kappa shape index (κ3) is 3.54.